The Morgan fingerprint density at radius 2 is 2.21 bits per heavy atom. The lowest BCUT2D eigenvalue weighted by Crippen LogP contribution is -2.26. The summed E-state index contributed by atoms with van der Waals surface area (Å²) in [4.78, 5) is 11.2. The van der Waals surface area contributed by atoms with Gasteiger partial charge in [0.05, 0.1) is 5.75 Å². The molecule has 0 saturated carbocycles. The lowest BCUT2D eigenvalue weighted by molar-refractivity contribution is -0.118. The summed E-state index contributed by atoms with van der Waals surface area (Å²) in [6, 6.07) is 0. The Labute approximate surface area is 91.5 Å². The van der Waals surface area contributed by atoms with Crippen LogP contribution in [0, 0.1) is 0 Å². The molecule has 1 amide bonds. The Hall–Kier alpha value is -0.440. The molecule has 0 aromatic rings. The van der Waals surface area contributed by atoms with E-state index >= 15 is 0 Å². The summed E-state index contributed by atoms with van der Waals surface area (Å²) < 4.78 is 0. The number of carbonyl (C=O) groups excluding carboxylic acids is 1. The van der Waals surface area contributed by atoms with E-state index in [1.165, 1.54) is 19.3 Å². The van der Waals surface area contributed by atoms with Crippen LogP contribution in [0.2, 0.25) is 0 Å². The molecule has 0 aliphatic heterocycles. The molecule has 0 fully saturated rings. The van der Waals surface area contributed by atoms with Crippen molar-refractivity contribution in [3.63, 3.8) is 0 Å². The molecule has 0 aromatic heterocycles. The number of nitrogens with one attached hydrogen (secondary N) is 1. The molecular formula is C11H21NOS. The first-order valence-electron chi connectivity index (χ1n) is 5.26. The number of rotatable bonds is 9. The Kier molecular flexibility index (Phi) is 10.3. The van der Waals surface area contributed by atoms with Crippen molar-refractivity contribution in [2.45, 2.75) is 32.6 Å². The SMILES string of the molecule is C=CCSCC(=O)NCCCCCC. The summed E-state index contributed by atoms with van der Waals surface area (Å²) in [6.07, 6.45) is 6.64. The van der Waals surface area contributed by atoms with Crippen LogP contribution in [0.15, 0.2) is 12.7 Å². The minimum Gasteiger partial charge on any atom is -0.355 e. The molecule has 0 unspecified atom stereocenters. The highest BCUT2D eigenvalue weighted by molar-refractivity contribution is 8.00. The zero-order chi connectivity index (χ0) is 10.6. The van der Waals surface area contributed by atoms with Crippen LogP contribution < -0.4 is 5.32 Å². The third-order valence-corrected chi connectivity index (χ3v) is 2.76. The Morgan fingerprint density at radius 1 is 1.43 bits per heavy atom. The maximum absolute atomic E-state index is 11.2. The molecule has 0 heterocycles. The summed E-state index contributed by atoms with van der Waals surface area (Å²) in [6.45, 7) is 6.61. The van der Waals surface area contributed by atoms with Crippen LogP contribution in [0.25, 0.3) is 0 Å². The van der Waals surface area contributed by atoms with Gasteiger partial charge in [0, 0.05) is 12.3 Å². The molecule has 14 heavy (non-hydrogen) atoms. The van der Waals surface area contributed by atoms with Crippen molar-refractivity contribution in [3.05, 3.63) is 12.7 Å². The predicted octanol–water partition coefficient (Wildman–Crippen LogP) is 2.60. The molecule has 0 aliphatic carbocycles. The van der Waals surface area contributed by atoms with E-state index in [1.54, 1.807) is 11.8 Å². The zero-order valence-electron chi connectivity index (χ0n) is 9.05. The Morgan fingerprint density at radius 3 is 2.86 bits per heavy atom. The maximum atomic E-state index is 11.2. The first-order valence-corrected chi connectivity index (χ1v) is 6.42. The van der Waals surface area contributed by atoms with Crippen LogP contribution in [0.3, 0.4) is 0 Å². The molecular weight excluding hydrogens is 194 g/mol. The topological polar surface area (TPSA) is 29.1 Å². The van der Waals surface area contributed by atoms with Crippen molar-refractivity contribution in [3.8, 4) is 0 Å². The second kappa shape index (κ2) is 10.6. The van der Waals surface area contributed by atoms with Crippen LogP contribution in [-0.4, -0.2) is 24.0 Å². The average Bonchev–Trinajstić information content (AvgIpc) is 2.18. The van der Waals surface area contributed by atoms with E-state index in [-0.39, 0.29) is 5.91 Å². The summed E-state index contributed by atoms with van der Waals surface area (Å²) in [5.74, 6) is 1.55. The van der Waals surface area contributed by atoms with Gasteiger partial charge in [-0.2, -0.15) is 0 Å². The van der Waals surface area contributed by atoms with Crippen molar-refractivity contribution >= 4 is 17.7 Å². The molecule has 3 heteroatoms. The predicted molar refractivity (Wildman–Crippen MR) is 64.7 cm³/mol. The van der Waals surface area contributed by atoms with Crippen LogP contribution in [0.1, 0.15) is 32.6 Å². The van der Waals surface area contributed by atoms with Gasteiger partial charge in [0.1, 0.15) is 0 Å². The van der Waals surface area contributed by atoms with Crippen LogP contribution in [0.4, 0.5) is 0 Å². The third-order valence-electron chi connectivity index (χ3n) is 1.82. The summed E-state index contributed by atoms with van der Waals surface area (Å²) in [7, 11) is 0. The minimum absolute atomic E-state index is 0.147. The van der Waals surface area contributed by atoms with Gasteiger partial charge < -0.3 is 5.32 Å². The van der Waals surface area contributed by atoms with E-state index in [9.17, 15) is 4.79 Å². The fourth-order valence-electron chi connectivity index (χ4n) is 1.07. The highest BCUT2D eigenvalue weighted by Gasteiger charge is 1.98. The molecule has 0 aliphatic rings. The highest BCUT2D eigenvalue weighted by atomic mass is 32.2. The van der Waals surface area contributed by atoms with Gasteiger partial charge in [-0.1, -0.05) is 32.3 Å². The van der Waals surface area contributed by atoms with E-state index in [2.05, 4.69) is 18.8 Å². The van der Waals surface area contributed by atoms with Crippen molar-refractivity contribution in [1.82, 2.24) is 5.32 Å². The second-order valence-electron chi connectivity index (χ2n) is 3.21. The van der Waals surface area contributed by atoms with Gasteiger partial charge in [0.2, 0.25) is 5.91 Å². The largest absolute Gasteiger partial charge is 0.355 e. The zero-order valence-corrected chi connectivity index (χ0v) is 9.87. The summed E-state index contributed by atoms with van der Waals surface area (Å²) in [5, 5.41) is 2.91. The minimum atomic E-state index is 0.147. The van der Waals surface area contributed by atoms with Crippen LogP contribution in [0.5, 0.6) is 0 Å². The van der Waals surface area contributed by atoms with Crippen molar-refractivity contribution < 1.29 is 4.79 Å². The third kappa shape index (κ3) is 9.65. The monoisotopic (exact) mass is 215 g/mol. The van der Waals surface area contributed by atoms with E-state index in [1.807, 2.05) is 6.08 Å². The molecule has 2 nitrogen and oxygen atoms in total. The second-order valence-corrected chi connectivity index (χ2v) is 4.24. The molecule has 1 N–H and O–H groups in total. The first-order chi connectivity index (χ1) is 6.81. The van der Waals surface area contributed by atoms with Crippen molar-refractivity contribution in [2.24, 2.45) is 0 Å². The quantitative estimate of drug-likeness (QED) is 0.473. The first kappa shape index (κ1) is 13.6. The normalized spacial score (nSPS) is 9.79. The number of unbranched alkanes of at least 4 members (excludes halogenated alkanes) is 3. The van der Waals surface area contributed by atoms with Crippen LogP contribution in [-0.2, 0) is 4.79 Å². The van der Waals surface area contributed by atoms with Gasteiger partial charge in [0.15, 0.2) is 0 Å². The van der Waals surface area contributed by atoms with Gasteiger partial charge in [-0.25, -0.2) is 0 Å². The Bertz CT molecular complexity index is 159. The Balaban J connectivity index is 3.14. The molecule has 0 bridgehead atoms. The smallest absolute Gasteiger partial charge is 0.230 e. The summed E-state index contributed by atoms with van der Waals surface area (Å²) >= 11 is 1.60. The number of amides is 1. The fourth-order valence-corrected chi connectivity index (χ4v) is 1.64. The number of thioether (sulfide) groups is 1. The standard InChI is InChI=1S/C11H21NOS/c1-3-5-6-7-8-12-11(13)10-14-9-4-2/h4H,2-3,5-10H2,1H3,(H,12,13). The van der Waals surface area contributed by atoms with E-state index in [4.69, 9.17) is 0 Å². The fraction of sp³-hybridized carbons (Fsp3) is 0.727. The van der Waals surface area contributed by atoms with E-state index in [0.29, 0.717) is 5.75 Å². The molecule has 0 radical (unpaired) electrons. The van der Waals surface area contributed by atoms with Crippen LogP contribution >= 0.6 is 11.8 Å². The summed E-state index contributed by atoms with van der Waals surface area (Å²) in [5.41, 5.74) is 0. The lowest BCUT2D eigenvalue weighted by atomic mass is 10.2. The molecule has 0 spiro atoms. The van der Waals surface area contributed by atoms with Gasteiger partial charge in [-0.3, -0.25) is 4.79 Å². The van der Waals surface area contributed by atoms with Gasteiger partial charge in [-0.05, 0) is 6.42 Å². The van der Waals surface area contributed by atoms with Gasteiger partial charge in [0.25, 0.3) is 0 Å². The van der Waals surface area contributed by atoms with Crippen molar-refractivity contribution in [1.29, 1.82) is 0 Å². The van der Waals surface area contributed by atoms with E-state index in [0.717, 1.165) is 18.7 Å². The molecule has 0 saturated heterocycles. The lowest BCUT2D eigenvalue weighted by Gasteiger charge is -2.03. The number of carbonyl (C=O) groups is 1. The molecule has 82 valence electrons. The average molecular weight is 215 g/mol. The molecule has 0 aromatic carbocycles. The van der Waals surface area contributed by atoms with Crippen molar-refractivity contribution in [2.75, 3.05) is 18.1 Å². The van der Waals surface area contributed by atoms with Gasteiger partial charge >= 0.3 is 0 Å². The number of hydrogen-bond acceptors (Lipinski definition) is 2. The van der Waals surface area contributed by atoms with E-state index < -0.39 is 0 Å². The maximum Gasteiger partial charge on any atom is 0.230 e. The van der Waals surface area contributed by atoms with Gasteiger partial charge in [-0.15, -0.1) is 18.3 Å². The molecule has 0 atom stereocenters. The highest BCUT2D eigenvalue weighted by Crippen LogP contribution is 1.99. The number of hydrogen-bond donors (Lipinski definition) is 1. The molecule has 0 rings (SSSR count).